The number of nitrogens with zero attached hydrogens (tertiary/aromatic N) is 4. The zero-order valence-electron chi connectivity index (χ0n) is 19.0. The summed E-state index contributed by atoms with van der Waals surface area (Å²) in [6, 6.07) is 16.0. The number of aromatic nitrogens is 3. The highest BCUT2D eigenvalue weighted by Crippen LogP contribution is 2.29. The molecule has 1 fully saturated rings. The van der Waals surface area contributed by atoms with E-state index in [1.807, 2.05) is 61.5 Å². The molecule has 4 rings (SSSR count). The number of halogens is 2. The van der Waals surface area contributed by atoms with Gasteiger partial charge in [0.15, 0.2) is 0 Å². The van der Waals surface area contributed by atoms with Gasteiger partial charge in [-0.05, 0) is 43.7 Å². The maximum Gasteiger partial charge on any atom is 0.417 e. The average molecular weight is 469 g/mol. The number of carbonyl (C=O) groups excluding carboxylic acids is 1. The Hall–Kier alpha value is -3.82. The molecule has 1 N–H and O–H groups in total. The van der Waals surface area contributed by atoms with Crippen LogP contribution in [0.2, 0.25) is 0 Å². The van der Waals surface area contributed by atoms with Crippen LogP contribution < -0.4 is 15.0 Å². The number of para-hydroxylation sites is 1. The molecule has 1 saturated heterocycles. The molecule has 1 aliphatic rings. The lowest BCUT2D eigenvalue weighted by Gasteiger charge is -2.25. The minimum Gasteiger partial charge on any atom is -0.457 e. The largest absolute Gasteiger partial charge is 0.457 e. The van der Waals surface area contributed by atoms with E-state index < -0.39 is 24.5 Å². The van der Waals surface area contributed by atoms with Crippen LogP contribution in [0.3, 0.4) is 0 Å². The van der Waals surface area contributed by atoms with E-state index in [1.165, 1.54) is 6.92 Å². The first-order valence-corrected chi connectivity index (χ1v) is 10.9. The Balaban J connectivity index is 1.49. The van der Waals surface area contributed by atoms with Crippen LogP contribution in [0, 0.1) is 12.8 Å². The zero-order chi connectivity index (χ0) is 24.2. The third-order valence-corrected chi connectivity index (χ3v) is 5.57. The van der Waals surface area contributed by atoms with E-state index in [4.69, 9.17) is 9.47 Å². The van der Waals surface area contributed by atoms with E-state index >= 15 is 0 Å². The van der Waals surface area contributed by atoms with Gasteiger partial charge in [0.2, 0.25) is 18.3 Å². The van der Waals surface area contributed by atoms with Crippen LogP contribution in [0.1, 0.15) is 31.3 Å². The van der Waals surface area contributed by atoms with Crippen LogP contribution in [0.5, 0.6) is 11.5 Å². The smallest absolute Gasteiger partial charge is 0.417 e. The molecule has 1 aliphatic heterocycles. The second-order valence-electron chi connectivity index (χ2n) is 8.06. The summed E-state index contributed by atoms with van der Waals surface area (Å²) in [6.45, 7) is 4.79. The van der Waals surface area contributed by atoms with Crippen LogP contribution in [0.4, 0.5) is 25.5 Å². The lowest BCUT2D eigenvalue weighted by atomic mass is 10.0. The first-order valence-electron chi connectivity index (χ1n) is 10.9. The summed E-state index contributed by atoms with van der Waals surface area (Å²) < 4.78 is 37.4. The highest BCUT2D eigenvalue weighted by Gasteiger charge is 2.42. The molecule has 0 radical (unpaired) electrons. The van der Waals surface area contributed by atoms with Crippen molar-refractivity contribution in [3.63, 3.8) is 0 Å². The number of carbonyl (C=O) groups is 1. The van der Waals surface area contributed by atoms with Gasteiger partial charge in [-0.25, -0.2) is 18.5 Å². The topological polar surface area (TPSA) is 89.5 Å². The third kappa shape index (κ3) is 5.22. The molecular weight excluding hydrogens is 444 g/mol. The van der Waals surface area contributed by atoms with Crippen molar-refractivity contribution in [2.75, 3.05) is 16.8 Å². The van der Waals surface area contributed by atoms with Crippen LogP contribution in [-0.2, 0) is 4.74 Å². The molecule has 34 heavy (non-hydrogen) atoms. The molecule has 178 valence electrons. The first-order chi connectivity index (χ1) is 16.3. The van der Waals surface area contributed by atoms with Gasteiger partial charge in [-0.2, -0.15) is 15.0 Å². The van der Waals surface area contributed by atoms with E-state index in [2.05, 4.69) is 20.3 Å². The van der Waals surface area contributed by atoms with Gasteiger partial charge in [0.1, 0.15) is 23.9 Å². The molecule has 1 amide bonds. The first kappa shape index (κ1) is 23.3. The summed E-state index contributed by atoms with van der Waals surface area (Å²) in [5.41, 5.74) is 0.949. The van der Waals surface area contributed by atoms with Gasteiger partial charge in [-0.15, -0.1) is 0 Å². The van der Waals surface area contributed by atoms with E-state index in [1.54, 1.807) is 6.92 Å². The van der Waals surface area contributed by atoms with Gasteiger partial charge in [-0.3, -0.25) is 0 Å². The maximum absolute atomic E-state index is 13.3. The Morgan fingerprint density at radius 3 is 2.38 bits per heavy atom. The molecule has 0 bridgehead atoms. The number of nitrogens with one attached hydrogen (secondary N) is 1. The van der Waals surface area contributed by atoms with Crippen molar-refractivity contribution in [3.05, 3.63) is 66.0 Å². The summed E-state index contributed by atoms with van der Waals surface area (Å²) >= 11 is 0. The van der Waals surface area contributed by atoms with Crippen molar-refractivity contribution in [1.29, 1.82) is 0 Å². The van der Waals surface area contributed by atoms with Crippen LogP contribution in [0.15, 0.2) is 54.6 Å². The number of benzene rings is 2. The fraction of sp³-hybridized carbons (Fsp3) is 0.333. The summed E-state index contributed by atoms with van der Waals surface area (Å²) in [4.78, 5) is 26.1. The fourth-order valence-electron chi connectivity index (χ4n) is 3.59. The molecule has 2 heterocycles. The predicted octanol–water partition coefficient (Wildman–Crippen LogP) is 5.37. The molecule has 0 aliphatic carbocycles. The van der Waals surface area contributed by atoms with Gasteiger partial charge in [0, 0.05) is 5.92 Å². The number of hydrogen-bond donors (Lipinski definition) is 1. The van der Waals surface area contributed by atoms with Crippen molar-refractivity contribution in [3.8, 4) is 11.5 Å². The minimum absolute atomic E-state index is 0.0196. The van der Waals surface area contributed by atoms with Crippen molar-refractivity contribution < 1.29 is 23.0 Å². The molecule has 1 aromatic heterocycles. The molecule has 10 heteroatoms. The van der Waals surface area contributed by atoms with Crippen molar-refractivity contribution in [1.82, 2.24) is 15.0 Å². The quantitative estimate of drug-likeness (QED) is 0.474. The van der Waals surface area contributed by atoms with Crippen molar-refractivity contribution in [2.45, 2.75) is 39.3 Å². The minimum atomic E-state index is -2.61. The Morgan fingerprint density at radius 1 is 1.03 bits per heavy atom. The summed E-state index contributed by atoms with van der Waals surface area (Å²) in [7, 11) is 0. The highest BCUT2D eigenvalue weighted by atomic mass is 19.3. The van der Waals surface area contributed by atoms with Gasteiger partial charge in [-0.1, -0.05) is 37.3 Å². The molecule has 2 aromatic carbocycles. The summed E-state index contributed by atoms with van der Waals surface area (Å²) in [5, 5.41) is 3.18. The van der Waals surface area contributed by atoms with E-state index in [9.17, 15) is 13.6 Å². The molecule has 0 spiro atoms. The number of amides is 1. The molecule has 1 unspecified atom stereocenters. The van der Waals surface area contributed by atoms with Gasteiger partial charge in [0.25, 0.3) is 0 Å². The third-order valence-electron chi connectivity index (χ3n) is 5.57. The Morgan fingerprint density at radius 2 is 1.71 bits per heavy atom. The molecule has 8 nitrogen and oxygen atoms in total. The van der Waals surface area contributed by atoms with Gasteiger partial charge < -0.3 is 14.8 Å². The Labute approximate surface area is 196 Å². The Bertz CT molecular complexity index is 1130. The normalized spacial score (nSPS) is 17.4. The van der Waals surface area contributed by atoms with Crippen LogP contribution in [0.25, 0.3) is 0 Å². The van der Waals surface area contributed by atoms with E-state index in [0.29, 0.717) is 11.6 Å². The molecule has 0 saturated carbocycles. The second kappa shape index (κ2) is 9.98. The molecular formula is C24H25F2N5O3. The van der Waals surface area contributed by atoms with Crippen molar-refractivity contribution in [2.24, 2.45) is 5.92 Å². The summed E-state index contributed by atoms with van der Waals surface area (Å²) in [6.07, 6.45) is -3.37. The Kier molecular flexibility index (Phi) is 6.85. The standard InChI is InChI=1S/C24H25F2N5O3/c1-14(21(25)26)20-13-33-24(32)31(20)23-29-16(3)28-22(30-23)27-15(2)17-9-11-19(12-10-17)34-18-7-5-4-6-8-18/h4-12,14-15,20-21H,13H2,1-3H3,(H,27,28,29,30)/t14-,15+,20?/m1/s1. The van der Waals surface area contributed by atoms with Crippen LogP contribution in [-0.4, -0.2) is 40.1 Å². The number of cyclic esters (lactones) is 1. The number of ether oxygens (including phenoxy) is 2. The van der Waals surface area contributed by atoms with Gasteiger partial charge in [0.05, 0.1) is 12.1 Å². The predicted molar refractivity (Wildman–Crippen MR) is 122 cm³/mol. The second-order valence-corrected chi connectivity index (χ2v) is 8.06. The lowest BCUT2D eigenvalue weighted by molar-refractivity contribution is 0.0684. The van der Waals surface area contributed by atoms with E-state index in [-0.39, 0.29) is 24.5 Å². The molecule has 3 aromatic rings. The average Bonchev–Trinajstić information content (AvgIpc) is 3.20. The zero-order valence-corrected chi connectivity index (χ0v) is 19.0. The van der Waals surface area contributed by atoms with E-state index in [0.717, 1.165) is 16.2 Å². The fourth-order valence-corrected chi connectivity index (χ4v) is 3.59. The number of anilines is 2. The number of hydrogen-bond acceptors (Lipinski definition) is 7. The highest BCUT2D eigenvalue weighted by molar-refractivity contribution is 5.88. The maximum atomic E-state index is 13.3. The van der Waals surface area contributed by atoms with Crippen molar-refractivity contribution >= 4 is 18.0 Å². The molecule has 3 atom stereocenters. The number of aryl methyl sites for hydroxylation is 1. The number of alkyl halides is 2. The van der Waals surface area contributed by atoms with Gasteiger partial charge >= 0.3 is 6.09 Å². The summed E-state index contributed by atoms with van der Waals surface area (Å²) in [5.74, 6) is 0.892. The monoisotopic (exact) mass is 469 g/mol. The number of rotatable bonds is 8. The lowest BCUT2D eigenvalue weighted by Crippen LogP contribution is -2.42. The SMILES string of the molecule is Cc1nc(N[C@@H](C)c2ccc(Oc3ccccc3)cc2)nc(N2C(=O)OCC2[C@@H](C)C(F)F)n1. The van der Waals surface area contributed by atoms with Crippen LogP contribution >= 0.6 is 0 Å².